The van der Waals surface area contributed by atoms with Crippen LogP contribution in [0.5, 0.6) is 0 Å². The predicted octanol–water partition coefficient (Wildman–Crippen LogP) is 5.97. The second kappa shape index (κ2) is 11.1. The van der Waals surface area contributed by atoms with Gasteiger partial charge in [0.1, 0.15) is 23.1 Å². The van der Waals surface area contributed by atoms with E-state index in [1.807, 2.05) is 0 Å². The molecule has 190 valence electrons. The number of benzene rings is 3. The molecule has 1 aliphatic heterocycles. The molecule has 5 nitrogen and oxygen atoms in total. The number of carbonyl (C=O) groups is 1. The molecule has 4 rings (SSSR count). The summed E-state index contributed by atoms with van der Waals surface area (Å²) in [5.74, 6) is -1.27. The molecule has 0 aromatic heterocycles. The maximum Gasteiger partial charge on any atom is 0.411 e. The highest BCUT2D eigenvalue weighted by molar-refractivity contribution is 5.70. The monoisotopic (exact) mass is 499 g/mol. The first-order valence-corrected chi connectivity index (χ1v) is 11.8. The van der Waals surface area contributed by atoms with Gasteiger partial charge in [-0.1, -0.05) is 36.4 Å². The summed E-state index contributed by atoms with van der Waals surface area (Å²) in [6, 6.07) is 15.7. The minimum Gasteiger partial charge on any atom is -0.438 e. The zero-order valence-electron chi connectivity index (χ0n) is 19.9. The number of cyclic esters (lactones) is 1. The highest BCUT2D eigenvalue weighted by atomic mass is 19.1. The van der Waals surface area contributed by atoms with Crippen LogP contribution in [0.15, 0.2) is 66.7 Å². The molecule has 1 heterocycles. The number of hydrogen-bond donors (Lipinski definition) is 1. The maximum absolute atomic E-state index is 14.9. The number of aliphatic hydroxyl groups is 1. The van der Waals surface area contributed by atoms with Crippen LogP contribution >= 0.6 is 0 Å². The van der Waals surface area contributed by atoms with Gasteiger partial charge in [-0.2, -0.15) is 0 Å². The third-order valence-electron chi connectivity index (χ3n) is 6.63. The number of aliphatic hydroxyl groups excluding tert-OH is 1. The van der Waals surface area contributed by atoms with Crippen LogP contribution in [0.4, 0.5) is 18.0 Å². The van der Waals surface area contributed by atoms with Gasteiger partial charge in [-0.05, 0) is 53.9 Å². The Morgan fingerprint density at radius 2 is 1.67 bits per heavy atom. The fourth-order valence-electron chi connectivity index (χ4n) is 4.54. The van der Waals surface area contributed by atoms with Crippen LogP contribution in [0, 0.1) is 17.5 Å². The molecule has 1 saturated heterocycles. The van der Waals surface area contributed by atoms with Crippen molar-refractivity contribution in [1.29, 1.82) is 0 Å². The van der Waals surface area contributed by atoms with Crippen LogP contribution in [0.1, 0.15) is 36.9 Å². The molecule has 0 unspecified atom stereocenters. The number of rotatable bonds is 9. The SMILES string of the molecule is C[C@@H](c1ccc(-c2ccc(F)cc2)c(F)c1)N1CC[C@](CCOCCO)(c2ccc(F)cc2)OC1=O. The minimum atomic E-state index is -1.01. The van der Waals surface area contributed by atoms with E-state index in [-0.39, 0.29) is 19.8 Å². The van der Waals surface area contributed by atoms with E-state index < -0.39 is 35.2 Å². The van der Waals surface area contributed by atoms with E-state index in [4.69, 9.17) is 14.6 Å². The molecule has 3 aromatic rings. The summed E-state index contributed by atoms with van der Waals surface area (Å²) in [7, 11) is 0. The first-order chi connectivity index (χ1) is 17.3. The molecule has 0 aliphatic carbocycles. The van der Waals surface area contributed by atoms with Crippen molar-refractivity contribution in [2.24, 2.45) is 0 Å². The highest BCUT2D eigenvalue weighted by Gasteiger charge is 2.43. The zero-order valence-corrected chi connectivity index (χ0v) is 19.9. The van der Waals surface area contributed by atoms with Crippen LogP contribution in [0.25, 0.3) is 11.1 Å². The topological polar surface area (TPSA) is 59.0 Å². The summed E-state index contributed by atoms with van der Waals surface area (Å²) >= 11 is 0. The summed E-state index contributed by atoms with van der Waals surface area (Å²) < 4.78 is 53.1. The van der Waals surface area contributed by atoms with Crippen molar-refractivity contribution in [3.8, 4) is 11.1 Å². The van der Waals surface area contributed by atoms with E-state index in [1.165, 1.54) is 47.4 Å². The van der Waals surface area contributed by atoms with Crippen molar-refractivity contribution in [1.82, 2.24) is 4.90 Å². The van der Waals surface area contributed by atoms with Crippen molar-refractivity contribution >= 4 is 6.09 Å². The Morgan fingerprint density at radius 3 is 2.28 bits per heavy atom. The molecular formula is C28H28F3NO4. The average molecular weight is 500 g/mol. The van der Waals surface area contributed by atoms with Crippen LogP contribution in [0.3, 0.4) is 0 Å². The van der Waals surface area contributed by atoms with Gasteiger partial charge in [0.2, 0.25) is 0 Å². The van der Waals surface area contributed by atoms with Crippen molar-refractivity contribution in [2.75, 3.05) is 26.4 Å². The molecule has 0 bridgehead atoms. The van der Waals surface area contributed by atoms with Gasteiger partial charge < -0.3 is 19.5 Å². The number of carbonyl (C=O) groups excluding carboxylic acids is 1. The molecule has 1 aliphatic rings. The Kier molecular flexibility index (Phi) is 7.96. The predicted molar refractivity (Wildman–Crippen MR) is 129 cm³/mol. The van der Waals surface area contributed by atoms with Crippen LogP contribution in [0.2, 0.25) is 0 Å². The van der Waals surface area contributed by atoms with Crippen LogP contribution in [-0.2, 0) is 15.1 Å². The summed E-state index contributed by atoms with van der Waals surface area (Å²) in [6.07, 6.45) is 0.198. The van der Waals surface area contributed by atoms with Gasteiger partial charge in [0.25, 0.3) is 0 Å². The van der Waals surface area contributed by atoms with E-state index in [1.54, 1.807) is 31.2 Å². The highest BCUT2D eigenvalue weighted by Crippen LogP contribution is 2.40. The fraction of sp³-hybridized carbons (Fsp3) is 0.321. The maximum atomic E-state index is 14.9. The molecule has 1 N–H and O–H groups in total. The number of amides is 1. The van der Waals surface area contributed by atoms with Gasteiger partial charge >= 0.3 is 6.09 Å². The molecule has 36 heavy (non-hydrogen) atoms. The van der Waals surface area contributed by atoms with Gasteiger partial charge in [-0.15, -0.1) is 0 Å². The molecule has 0 spiro atoms. The normalized spacial score (nSPS) is 18.7. The quantitative estimate of drug-likeness (QED) is 0.369. The van der Waals surface area contributed by atoms with E-state index in [2.05, 4.69) is 0 Å². The van der Waals surface area contributed by atoms with Gasteiger partial charge in [-0.3, -0.25) is 0 Å². The first kappa shape index (κ1) is 25.7. The first-order valence-electron chi connectivity index (χ1n) is 11.8. The average Bonchev–Trinajstić information content (AvgIpc) is 2.87. The van der Waals surface area contributed by atoms with Crippen molar-refractivity contribution in [3.63, 3.8) is 0 Å². The van der Waals surface area contributed by atoms with E-state index >= 15 is 0 Å². The zero-order chi connectivity index (χ0) is 25.7. The molecule has 8 heteroatoms. The third kappa shape index (κ3) is 5.55. The number of hydrogen-bond acceptors (Lipinski definition) is 4. The molecular weight excluding hydrogens is 471 g/mol. The molecule has 0 saturated carbocycles. The minimum absolute atomic E-state index is 0.120. The summed E-state index contributed by atoms with van der Waals surface area (Å²) in [5.41, 5.74) is 1.14. The second-order valence-electron chi connectivity index (χ2n) is 8.82. The lowest BCUT2D eigenvalue weighted by Crippen LogP contribution is -2.49. The summed E-state index contributed by atoms with van der Waals surface area (Å²) in [6.45, 7) is 2.42. The largest absolute Gasteiger partial charge is 0.438 e. The van der Waals surface area contributed by atoms with E-state index in [0.717, 1.165) is 0 Å². The van der Waals surface area contributed by atoms with E-state index in [0.29, 0.717) is 41.6 Å². The molecule has 3 aromatic carbocycles. The van der Waals surface area contributed by atoms with Gasteiger partial charge in [0, 0.05) is 24.9 Å². The molecule has 1 amide bonds. The second-order valence-corrected chi connectivity index (χ2v) is 8.82. The number of halogens is 3. The van der Waals surface area contributed by atoms with E-state index in [9.17, 15) is 18.0 Å². The van der Waals surface area contributed by atoms with Crippen molar-refractivity contribution < 1.29 is 32.5 Å². The summed E-state index contributed by atoms with van der Waals surface area (Å²) in [4.78, 5) is 14.7. The Morgan fingerprint density at radius 1 is 1.00 bits per heavy atom. The Balaban J connectivity index is 1.52. The van der Waals surface area contributed by atoms with Crippen molar-refractivity contribution in [3.05, 3.63) is 95.3 Å². The summed E-state index contributed by atoms with van der Waals surface area (Å²) in [5, 5.41) is 8.97. The van der Waals surface area contributed by atoms with Gasteiger partial charge in [-0.25, -0.2) is 18.0 Å². The number of ether oxygens (including phenoxy) is 2. The lowest BCUT2D eigenvalue weighted by Gasteiger charge is -2.43. The van der Waals surface area contributed by atoms with Crippen LogP contribution in [-0.4, -0.2) is 42.5 Å². The van der Waals surface area contributed by atoms with Gasteiger partial charge in [0.15, 0.2) is 0 Å². The standard InChI is InChI=1S/C28H28F3NO4/c1-19(21-4-11-25(26(31)18-21)20-2-7-23(29)8-3-20)32-14-12-28(36-27(32)34,13-16-35-17-15-33)22-5-9-24(30)10-6-22/h2-11,18-19,33H,12-17H2,1H3/t19-,28-/m0/s1. The number of nitrogens with zero attached hydrogens (tertiary/aromatic N) is 1. The Labute approximate surface area is 208 Å². The fourth-order valence-corrected chi connectivity index (χ4v) is 4.54. The van der Waals surface area contributed by atoms with Crippen LogP contribution < -0.4 is 0 Å². The smallest absolute Gasteiger partial charge is 0.411 e. The Hall–Kier alpha value is -3.36. The molecule has 1 fully saturated rings. The third-order valence-corrected chi connectivity index (χ3v) is 6.63. The van der Waals surface area contributed by atoms with Gasteiger partial charge in [0.05, 0.1) is 25.9 Å². The molecule has 2 atom stereocenters. The lowest BCUT2D eigenvalue weighted by molar-refractivity contribution is -0.0780. The Bertz CT molecular complexity index is 1190. The molecule has 0 radical (unpaired) electrons. The van der Waals surface area contributed by atoms with Crippen molar-refractivity contribution in [2.45, 2.75) is 31.4 Å². The lowest BCUT2D eigenvalue weighted by atomic mass is 9.85.